The number of aryl methyl sites for hydroxylation is 1. The predicted octanol–water partition coefficient (Wildman–Crippen LogP) is 2.96. The number of nitrogens with one attached hydrogen (secondary N) is 2. The van der Waals surface area contributed by atoms with Crippen LogP contribution in [0.1, 0.15) is 12.7 Å². The van der Waals surface area contributed by atoms with Crippen LogP contribution in [0, 0.1) is 18.6 Å². The molecule has 128 valence electrons. The molecule has 1 heterocycles. The first-order valence-corrected chi connectivity index (χ1v) is 8.00. The number of thioether (sulfide) groups is 1. The summed E-state index contributed by atoms with van der Waals surface area (Å²) in [6, 6.07) is 4.43. The molecule has 2 amide bonds. The van der Waals surface area contributed by atoms with E-state index in [2.05, 4.69) is 15.8 Å². The fourth-order valence-corrected chi connectivity index (χ4v) is 2.39. The van der Waals surface area contributed by atoms with Crippen molar-refractivity contribution in [3.8, 4) is 0 Å². The summed E-state index contributed by atoms with van der Waals surface area (Å²) in [6.07, 6.45) is 0. The number of benzene rings is 1. The Kier molecular flexibility index (Phi) is 5.91. The van der Waals surface area contributed by atoms with E-state index >= 15 is 0 Å². The molecular weight excluding hydrogens is 340 g/mol. The molecule has 2 rings (SSSR count). The highest BCUT2D eigenvalue weighted by atomic mass is 32.2. The number of hydrogen-bond donors (Lipinski definition) is 2. The van der Waals surface area contributed by atoms with Gasteiger partial charge < -0.3 is 15.2 Å². The van der Waals surface area contributed by atoms with E-state index in [0.29, 0.717) is 17.6 Å². The van der Waals surface area contributed by atoms with E-state index in [1.54, 1.807) is 19.9 Å². The topological polar surface area (TPSA) is 84.2 Å². The van der Waals surface area contributed by atoms with Crippen LogP contribution in [0.25, 0.3) is 0 Å². The number of carbonyl (C=O) groups is 2. The van der Waals surface area contributed by atoms with Crippen LogP contribution in [-0.4, -0.2) is 28.0 Å². The fraction of sp³-hybridized carbons (Fsp3) is 0.267. The molecule has 0 spiro atoms. The van der Waals surface area contributed by atoms with E-state index in [9.17, 15) is 18.4 Å². The minimum absolute atomic E-state index is 0.0662. The average molecular weight is 355 g/mol. The zero-order valence-electron chi connectivity index (χ0n) is 12.9. The molecule has 0 radical (unpaired) electrons. The summed E-state index contributed by atoms with van der Waals surface area (Å²) >= 11 is 1.07. The second-order valence-electron chi connectivity index (χ2n) is 4.94. The second-order valence-corrected chi connectivity index (χ2v) is 6.27. The van der Waals surface area contributed by atoms with Gasteiger partial charge in [-0.05, 0) is 26.0 Å². The van der Waals surface area contributed by atoms with Crippen LogP contribution in [0.2, 0.25) is 0 Å². The largest absolute Gasteiger partial charge is 0.360 e. The van der Waals surface area contributed by atoms with Gasteiger partial charge in [0.1, 0.15) is 17.4 Å². The number of anilines is 2. The monoisotopic (exact) mass is 355 g/mol. The van der Waals surface area contributed by atoms with Gasteiger partial charge in [0.15, 0.2) is 5.82 Å². The summed E-state index contributed by atoms with van der Waals surface area (Å²) in [6.45, 7) is 3.32. The maximum absolute atomic E-state index is 13.4. The summed E-state index contributed by atoms with van der Waals surface area (Å²) in [5.41, 5.74) is -0.114. The SMILES string of the molecule is Cc1cc(NC(=O)[C@@H](C)SCC(=O)Nc2ccc(F)cc2F)no1. The molecule has 0 saturated heterocycles. The van der Waals surface area contributed by atoms with Gasteiger partial charge in [-0.25, -0.2) is 8.78 Å². The number of aromatic nitrogens is 1. The molecule has 0 aliphatic carbocycles. The average Bonchev–Trinajstić information content (AvgIpc) is 2.92. The van der Waals surface area contributed by atoms with Crippen LogP contribution in [0.15, 0.2) is 28.8 Å². The van der Waals surface area contributed by atoms with Gasteiger partial charge >= 0.3 is 0 Å². The highest BCUT2D eigenvalue weighted by Crippen LogP contribution is 2.17. The lowest BCUT2D eigenvalue weighted by atomic mass is 10.3. The van der Waals surface area contributed by atoms with Gasteiger partial charge in [-0.3, -0.25) is 9.59 Å². The summed E-state index contributed by atoms with van der Waals surface area (Å²) < 4.78 is 31.1. The van der Waals surface area contributed by atoms with Crippen LogP contribution >= 0.6 is 11.8 Å². The van der Waals surface area contributed by atoms with E-state index in [1.807, 2.05) is 0 Å². The zero-order valence-corrected chi connectivity index (χ0v) is 13.7. The molecule has 1 aromatic heterocycles. The number of hydrogen-bond acceptors (Lipinski definition) is 5. The number of halogens is 2. The molecule has 1 aromatic carbocycles. The van der Waals surface area contributed by atoms with Gasteiger partial charge in [0.05, 0.1) is 16.7 Å². The first-order chi connectivity index (χ1) is 11.3. The van der Waals surface area contributed by atoms with Gasteiger partial charge in [-0.2, -0.15) is 0 Å². The van der Waals surface area contributed by atoms with Gasteiger partial charge in [-0.1, -0.05) is 5.16 Å². The van der Waals surface area contributed by atoms with E-state index in [4.69, 9.17) is 4.52 Å². The van der Waals surface area contributed by atoms with Crippen LogP contribution in [0.3, 0.4) is 0 Å². The van der Waals surface area contributed by atoms with E-state index in [-0.39, 0.29) is 17.3 Å². The molecule has 2 N–H and O–H groups in total. The maximum atomic E-state index is 13.4. The summed E-state index contributed by atoms with van der Waals surface area (Å²) in [5, 5.41) is 7.98. The van der Waals surface area contributed by atoms with E-state index < -0.39 is 22.8 Å². The minimum atomic E-state index is -0.861. The van der Waals surface area contributed by atoms with Crippen molar-refractivity contribution in [2.75, 3.05) is 16.4 Å². The number of amides is 2. The molecule has 0 fully saturated rings. The molecule has 2 aromatic rings. The minimum Gasteiger partial charge on any atom is -0.360 e. The summed E-state index contributed by atoms with van der Waals surface area (Å²) in [5.74, 6) is -1.64. The number of rotatable bonds is 6. The Morgan fingerprint density at radius 3 is 2.67 bits per heavy atom. The molecule has 0 unspecified atom stereocenters. The normalized spacial score (nSPS) is 11.8. The first-order valence-electron chi connectivity index (χ1n) is 6.96. The third-order valence-electron chi connectivity index (χ3n) is 2.92. The van der Waals surface area contributed by atoms with Gasteiger partial charge in [0, 0.05) is 12.1 Å². The Balaban J connectivity index is 1.81. The van der Waals surface area contributed by atoms with E-state index in [0.717, 1.165) is 23.9 Å². The third-order valence-corrected chi connectivity index (χ3v) is 4.06. The molecular formula is C15H15F2N3O3S. The van der Waals surface area contributed by atoms with Gasteiger partial charge in [0.25, 0.3) is 0 Å². The van der Waals surface area contributed by atoms with Crippen molar-refractivity contribution >= 4 is 35.1 Å². The van der Waals surface area contributed by atoms with Crippen molar-refractivity contribution in [1.82, 2.24) is 5.16 Å². The Bertz CT molecular complexity index is 751. The molecule has 1 atom stereocenters. The summed E-state index contributed by atoms with van der Waals surface area (Å²) in [7, 11) is 0. The van der Waals surface area contributed by atoms with Crippen molar-refractivity contribution in [3.63, 3.8) is 0 Å². The molecule has 0 bridgehead atoms. The first kappa shape index (κ1) is 17.9. The summed E-state index contributed by atoms with van der Waals surface area (Å²) in [4.78, 5) is 23.7. The van der Waals surface area contributed by atoms with Crippen molar-refractivity contribution in [3.05, 3.63) is 41.7 Å². The van der Waals surface area contributed by atoms with Crippen molar-refractivity contribution in [2.45, 2.75) is 19.1 Å². The smallest absolute Gasteiger partial charge is 0.238 e. The van der Waals surface area contributed by atoms with Crippen LogP contribution < -0.4 is 10.6 Å². The Morgan fingerprint density at radius 2 is 2.04 bits per heavy atom. The lowest BCUT2D eigenvalue weighted by Crippen LogP contribution is -2.25. The van der Waals surface area contributed by atoms with Crippen molar-refractivity contribution in [2.24, 2.45) is 0 Å². The quantitative estimate of drug-likeness (QED) is 0.832. The molecule has 0 aliphatic heterocycles. The number of nitrogens with zero attached hydrogens (tertiary/aromatic N) is 1. The van der Waals surface area contributed by atoms with Crippen molar-refractivity contribution in [1.29, 1.82) is 0 Å². The second kappa shape index (κ2) is 7.91. The highest BCUT2D eigenvalue weighted by molar-refractivity contribution is 8.01. The highest BCUT2D eigenvalue weighted by Gasteiger charge is 2.17. The lowest BCUT2D eigenvalue weighted by Gasteiger charge is -2.11. The standard InChI is InChI=1S/C15H15F2N3O3S/c1-8-5-13(20-23-8)19-15(22)9(2)24-7-14(21)18-12-4-3-10(16)6-11(12)17/h3-6,9H,7H2,1-2H3,(H,18,21)(H,19,20,22)/t9-/m1/s1. The molecule has 6 nitrogen and oxygen atoms in total. The van der Waals surface area contributed by atoms with Gasteiger partial charge in [0.2, 0.25) is 11.8 Å². The maximum Gasteiger partial charge on any atom is 0.238 e. The Labute approximate surface area is 141 Å². The zero-order chi connectivity index (χ0) is 17.7. The van der Waals surface area contributed by atoms with Gasteiger partial charge in [-0.15, -0.1) is 11.8 Å². The van der Waals surface area contributed by atoms with Crippen LogP contribution in [0.5, 0.6) is 0 Å². The lowest BCUT2D eigenvalue weighted by molar-refractivity contribution is -0.115. The van der Waals surface area contributed by atoms with Crippen LogP contribution in [0.4, 0.5) is 20.3 Å². The predicted molar refractivity (Wildman–Crippen MR) is 86.8 cm³/mol. The molecule has 0 saturated carbocycles. The Hall–Kier alpha value is -2.42. The Morgan fingerprint density at radius 1 is 1.29 bits per heavy atom. The van der Waals surface area contributed by atoms with Crippen LogP contribution in [-0.2, 0) is 9.59 Å². The fourth-order valence-electron chi connectivity index (χ4n) is 1.71. The number of carbonyl (C=O) groups excluding carboxylic acids is 2. The molecule has 24 heavy (non-hydrogen) atoms. The van der Waals surface area contributed by atoms with E-state index in [1.165, 1.54) is 0 Å². The third kappa shape index (κ3) is 5.05. The molecule has 9 heteroatoms. The molecule has 0 aliphatic rings. The van der Waals surface area contributed by atoms with Crippen molar-refractivity contribution < 1.29 is 22.9 Å².